The zero-order valence-corrected chi connectivity index (χ0v) is 13.5. The number of hydrogen-bond acceptors (Lipinski definition) is 3. The summed E-state index contributed by atoms with van der Waals surface area (Å²) >= 11 is 0. The Morgan fingerprint density at radius 3 is 2.23 bits per heavy atom. The first-order valence-electron chi connectivity index (χ1n) is 7.72. The van der Waals surface area contributed by atoms with Crippen LogP contribution in [-0.2, 0) is 6.54 Å². The summed E-state index contributed by atoms with van der Waals surface area (Å²) in [6, 6.07) is 12.2. The first-order chi connectivity index (χ1) is 12.5. The van der Waals surface area contributed by atoms with Crippen LogP contribution in [0.25, 0.3) is 0 Å². The van der Waals surface area contributed by atoms with E-state index in [0.717, 1.165) is 17.7 Å². The largest absolute Gasteiger partial charge is 0.349 e. The number of carbonyl (C=O) groups excluding carboxylic acids is 1. The van der Waals surface area contributed by atoms with Crippen LogP contribution in [-0.4, -0.2) is 10.9 Å². The summed E-state index contributed by atoms with van der Waals surface area (Å²) in [5.74, 6) is -2.23. The number of rotatable bonds is 5. The van der Waals surface area contributed by atoms with E-state index >= 15 is 0 Å². The van der Waals surface area contributed by atoms with Gasteiger partial charge in [-0.05, 0) is 42.0 Å². The molecule has 0 atom stereocenters. The van der Waals surface area contributed by atoms with Gasteiger partial charge in [-0.2, -0.15) is 0 Å². The van der Waals surface area contributed by atoms with E-state index in [-0.39, 0.29) is 23.7 Å². The zero-order chi connectivity index (χ0) is 18.5. The number of anilines is 2. The number of pyridine rings is 1. The van der Waals surface area contributed by atoms with Crippen LogP contribution in [0, 0.1) is 17.5 Å². The molecule has 0 bridgehead atoms. The van der Waals surface area contributed by atoms with Crippen molar-refractivity contribution in [1.82, 2.24) is 10.3 Å². The van der Waals surface area contributed by atoms with Crippen molar-refractivity contribution in [2.45, 2.75) is 6.54 Å². The van der Waals surface area contributed by atoms with Gasteiger partial charge in [-0.1, -0.05) is 18.2 Å². The lowest BCUT2D eigenvalue weighted by Crippen LogP contribution is -2.23. The second kappa shape index (κ2) is 7.69. The summed E-state index contributed by atoms with van der Waals surface area (Å²) in [4.78, 5) is 16.1. The first-order valence-corrected chi connectivity index (χ1v) is 7.72. The van der Waals surface area contributed by atoms with Crippen LogP contribution in [0.4, 0.5) is 24.5 Å². The third-order valence-corrected chi connectivity index (χ3v) is 3.59. The lowest BCUT2D eigenvalue weighted by atomic mass is 10.2. The molecule has 7 heteroatoms. The third kappa shape index (κ3) is 4.18. The van der Waals surface area contributed by atoms with Crippen molar-refractivity contribution in [3.05, 3.63) is 89.5 Å². The fraction of sp³-hybridized carbons (Fsp3) is 0.0526. The van der Waals surface area contributed by atoms with Crippen molar-refractivity contribution >= 4 is 17.3 Å². The van der Waals surface area contributed by atoms with Crippen LogP contribution in [0.1, 0.15) is 16.1 Å². The highest BCUT2D eigenvalue weighted by Crippen LogP contribution is 2.22. The summed E-state index contributed by atoms with van der Waals surface area (Å²) in [6.07, 6.45) is 1.30. The van der Waals surface area contributed by atoms with Crippen molar-refractivity contribution in [1.29, 1.82) is 0 Å². The molecule has 0 aliphatic heterocycles. The number of carbonyl (C=O) groups is 1. The van der Waals surface area contributed by atoms with E-state index in [9.17, 15) is 18.0 Å². The Hall–Kier alpha value is -3.35. The number of benzene rings is 2. The maximum atomic E-state index is 13.6. The van der Waals surface area contributed by atoms with Crippen LogP contribution >= 0.6 is 0 Å². The van der Waals surface area contributed by atoms with E-state index in [2.05, 4.69) is 15.6 Å². The Bertz CT molecular complexity index is 892. The average Bonchev–Trinajstić information content (AvgIpc) is 2.65. The fourth-order valence-corrected chi connectivity index (χ4v) is 2.24. The van der Waals surface area contributed by atoms with Gasteiger partial charge in [0.05, 0.1) is 11.9 Å². The average molecular weight is 357 g/mol. The molecule has 2 aromatic carbocycles. The Morgan fingerprint density at radius 2 is 1.62 bits per heavy atom. The maximum Gasteiger partial charge on any atom is 0.270 e. The summed E-state index contributed by atoms with van der Waals surface area (Å²) < 4.78 is 40.1. The zero-order valence-electron chi connectivity index (χ0n) is 13.5. The highest BCUT2D eigenvalue weighted by molar-refractivity contribution is 5.92. The maximum absolute atomic E-state index is 13.6. The van der Waals surface area contributed by atoms with Crippen LogP contribution in [0.2, 0.25) is 0 Å². The van der Waals surface area contributed by atoms with Gasteiger partial charge < -0.3 is 10.6 Å². The van der Waals surface area contributed by atoms with Crippen molar-refractivity contribution in [3.8, 4) is 0 Å². The minimum atomic E-state index is -0.730. The number of hydrogen-bond donors (Lipinski definition) is 2. The smallest absolute Gasteiger partial charge is 0.270 e. The standard InChI is InChI=1S/C19H14F3N3O/c20-13-6-4-12(5-7-13)10-24-19(26)17-9-8-14(11-23-17)25-18-15(21)2-1-3-16(18)22/h1-9,11,25H,10H2,(H,24,26). The number of halogens is 3. The second-order valence-electron chi connectivity index (χ2n) is 5.46. The van der Waals surface area contributed by atoms with Gasteiger partial charge >= 0.3 is 0 Å². The van der Waals surface area contributed by atoms with E-state index in [0.29, 0.717) is 5.69 Å². The summed E-state index contributed by atoms with van der Waals surface area (Å²) in [5.41, 5.74) is 0.937. The number of nitrogens with zero attached hydrogens (tertiary/aromatic N) is 1. The normalized spacial score (nSPS) is 10.4. The van der Waals surface area contributed by atoms with Crippen molar-refractivity contribution in [2.75, 3.05) is 5.32 Å². The Morgan fingerprint density at radius 1 is 0.923 bits per heavy atom. The van der Waals surface area contributed by atoms with Crippen LogP contribution < -0.4 is 10.6 Å². The number of para-hydroxylation sites is 1. The van der Waals surface area contributed by atoms with E-state index < -0.39 is 17.5 Å². The van der Waals surface area contributed by atoms with Gasteiger partial charge in [-0.25, -0.2) is 18.2 Å². The molecule has 0 fully saturated rings. The van der Waals surface area contributed by atoms with E-state index in [1.54, 1.807) is 12.1 Å². The van der Waals surface area contributed by atoms with Crippen LogP contribution in [0.15, 0.2) is 60.8 Å². The minimum Gasteiger partial charge on any atom is -0.349 e. The first kappa shape index (κ1) is 17.5. The molecule has 26 heavy (non-hydrogen) atoms. The molecule has 3 aromatic rings. The molecule has 4 nitrogen and oxygen atoms in total. The summed E-state index contributed by atoms with van der Waals surface area (Å²) in [7, 11) is 0. The Labute approximate surface area is 147 Å². The van der Waals surface area contributed by atoms with Gasteiger partial charge in [-0.15, -0.1) is 0 Å². The summed E-state index contributed by atoms with van der Waals surface area (Å²) in [5, 5.41) is 5.25. The molecule has 0 saturated heterocycles. The van der Waals surface area contributed by atoms with E-state index in [4.69, 9.17) is 0 Å². The molecule has 0 saturated carbocycles. The quantitative estimate of drug-likeness (QED) is 0.721. The lowest BCUT2D eigenvalue weighted by molar-refractivity contribution is 0.0946. The molecule has 1 aromatic heterocycles. The van der Waals surface area contributed by atoms with E-state index in [1.807, 2.05) is 0 Å². The highest BCUT2D eigenvalue weighted by Gasteiger charge is 2.10. The number of nitrogens with one attached hydrogen (secondary N) is 2. The molecule has 0 aliphatic carbocycles. The molecule has 3 rings (SSSR count). The fourth-order valence-electron chi connectivity index (χ4n) is 2.24. The van der Waals surface area contributed by atoms with Crippen LogP contribution in [0.3, 0.4) is 0 Å². The van der Waals surface area contributed by atoms with Gasteiger partial charge in [-0.3, -0.25) is 4.79 Å². The van der Waals surface area contributed by atoms with Gasteiger partial charge in [0.25, 0.3) is 5.91 Å². The molecule has 1 heterocycles. The van der Waals surface area contributed by atoms with E-state index in [1.165, 1.54) is 36.5 Å². The topological polar surface area (TPSA) is 54.0 Å². The molecular weight excluding hydrogens is 343 g/mol. The molecule has 2 N–H and O–H groups in total. The lowest BCUT2D eigenvalue weighted by Gasteiger charge is -2.09. The van der Waals surface area contributed by atoms with Crippen molar-refractivity contribution in [2.24, 2.45) is 0 Å². The Balaban J connectivity index is 1.63. The SMILES string of the molecule is O=C(NCc1ccc(F)cc1)c1ccc(Nc2c(F)cccc2F)cn1. The predicted octanol–water partition coefficient (Wildman–Crippen LogP) is 4.17. The van der Waals surface area contributed by atoms with Gasteiger partial charge in [0.15, 0.2) is 0 Å². The highest BCUT2D eigenvalue weighted by atomic mass is 19.1. The number of aromatic nitrogens is 1. The van der Waals surface area contributed by atoms with Gasteiger partial charge in [0.2, 0.25) is 0 Å². The molecular formula is C19H14F3N3O. The molecule has 0 unspecified atom stereocenters. The van der Waals surface area contributed by atoms with Crippen LogP contribution in [0.5, 0.6) is 0 Å². The van der Waals surface area contributed by atoms with Gasteiger partial charge in [0, 0.05) is 6.54 Å². The predicted molar refractivity (Wildman–Crippen MR) is 91.4 cm³/mol. The molecule has 1 amide bonds. The van der Waals surface area contributed by atoms with Gasteiger partial charge in [0.1, 0.15) is 28.8 Å². The monoisotopic (exact) mass is 357 g/mol. The number of amides is 1. The third-order valence-electron chi connectivity index (χ3n) is 3.59. The minimum absolute atomic E-state index is 0.145. The van der Waals surface area contributed by atoms with Crippen molar-refractivity contribution < 1.29 is 18.0 Å². The molecule has 132 valence electrons. The molecule has 0 spiro atoms. The Kier molecular flexibility index (Phi) is 5.17. The van der Waals surface area contributed by atoms with Crippen molar-refractivity contribution in [3.63, 3.8) is 0 Å². The molecule has 0 radical (unpaired) electrons. The second-order valence-corrected chi connectivity index (χ2v) is 5.46. The summed E-state index contributed by atoms with van der Waals surface area (Å²) in [6.45, 7) is 0.223. The molecule has 0 aliphatic rings.